The molecule has 6 nitrogen and oxygen atoms in total. The van der Waals surface area contributed by atoms with Crippen molar-refractivity contribution in [2.24, 2.45) is 0 Å². The minimum absolute atomic E-state index is 0.214. The normalized spacial score (nSPS) is 11.9. The van der Waals surface area contributed by atoms with Gasteiger partial charge in [0.05, 0.1) is 0 Å². The molecule has 0 fully saturated rings. The monoisotopic (exact) mass is 462 g/mol. The Bertz CT molecular complexity index is 1290. The van der Waals surface area contributed by atoms with Crippen LogP contribution in [0.25, 0.3) is 10.6 Å². The van der Waals surface area contributed by atoms with Gasteiger partial charge >= 0.3 is 0 Å². The molecule has 1 aliphatic rings. The van der Waals surface area contributed by atoms with Crippen molar-refractivity contribution >= 4 is 17.2 Å². The Morgan fingerprint density at radius 1 is 1.03 bits per heavy atom. The van der Waals surface area contributed by atoms with E-state index < -0.39 is 0 Å². The second-order valence-electron chi connectivity index (χ2n) is 7.35. The van der Waals surface area contributed by atoms with Crippen molar-refractivity contribution in [1.82, 2.24) is 10.3 Å². The van der Waals surface area contributed by atoms with Gasteiger partial charge in [0.1, 0.15) is 28.9 Å². The summed E-state index contributed by atoms with van der Waals surface area (Å²) in [5.41, 5.74) is 2.99. The van der Waals surface area contributed by atoms with Crippen LogP contribution in [0.1, 0.15) is 21.6 Å². The summed E-state index contributed by atoms with van der Waals surface area (Å²) < 4.78 is 29.5. The van der Waals surface area contributed by atoms with E-state index in [1.807, 2.05) is 42.5 Å². The number of hydrogen-bond donors (Lipinski definition) is 1. The molecule has 5 rings (SSSR count). The number of halogens is 1. The number of fused-ring (bicyclic) bond motifs is 1. The van der Waals surface area contributed by atoms with E-state index in [0.717, 1.165) is 21.7 Å². The molecule has 1 N–H and O–H groups in total. The summed E-state index contributed by atoms with van der Waals surface area (Å²) in [6.45, 7) is 0.898. The second-order valence-corrected chi connectivity index (χ2v) is 8.21. The van der Waals surface area contributed by atoms with E-state index in [1.54, 1.807) is 17.5 Å². The zero-order valence-corrected chi connectivity index (χ0v) is 18.2. The summed E-state index contributed by atoms with van der Waals surface area (Å²) in [6.07, 6.45) is 0. The summed E-state index contributed by atoms with van der Waals surface area (Å²) in [4.78, 5) is 17.1. The van der Waals surface area contributed by atoms with E-state index in [9.17, 15) is 9.18 Å². The lowest BCUT2D eigenvalue weighted by atomic mass is 10.2. The van der Waals surface area contributed by atoms with E-state index in [-0.39, 0.29) is 18.5 Å². The molecule has 0 spiro atoms. The molecule has 8 heteroatoms. The third kappa shape index (κ3) is 4.96. The van der Waals surface area contributed by atoms with Gasteiger partial charge < -0.3 is 19.5 Å². The minimum Gasteiger partial charge on any atom is -0.489 e. The molecule has 1 aromatic heterocycles. The molecule has 4 aromatic rings. The van der Waals surface area contributed by atoms with Gasteiger partial charge in [0.15, 0.2) is 11.5 Å². The van der Waals surface area contributed by atoms with Crippen molar-refractivity contribution in [3.05, 3.63) is 94.7 Å². The first-order chi connectivity index (χ1) is 16.1. The van der Waals surface area contributed by atoms with Crippen molar-refractivity contribution in [1.29, 1.82) is 0 Å². The third-order valence-electron chi connectivity index (χ3n) is 5.03. The van der Waals surface area contributed by atoms with Crippen LogP contribution in [0.4, 0.5) is 4.39 Å². The summed E-state index contributed by atoms with van der Waals surface area (Å²) in [6, 6.07) is 19.3. The van der Waals surface area contributed by atoms with E-state index >= 15 is 0 Å². The first kappa shape index (κ1) is 21.0. The quantitative estimate of drug-likeness (QED) is 0.410. The van der Waals surface area contributed by atoms with Crippen LogP contribution in [0.2, 0.25) is 0 Å². The maximum absolute atomic E-state index is 13.0. The van der Waals surface area contributed by atoms with E-state index in [2.05, 4.69) is 10.3 Å². The number of aromatic nitrogens is 1. The first-order valence-electron chi connectivity index (χ1n) is 10.2. The SMILES string of the molecule is O=C(NCc1ccc2c(c1)OCO2)c1csc(-c2cccc(OCc3ccc(F)cc3)c2)n1. The molecule has 0 atom stereocenters. The third-order valence-corrected chi connectivity index (χ3v) is 5.92. The highest BCUT2D eigenvalue weighted by Gasteiger charge is 2.15. The van der Waals surface area contributed by atoms with Crippen molar-refractivity contribution in [3.63, 3.8) is 0 Å². The Labute approximate surface area is 193 Å². The number of benzene rings is 3. The second kappa shape index (κ2) is 9.30. The number of ether oxygens (including phenoxy) is 3. The molecule has 0 saturated heterocycles. The molecule has 166 valence electrons. The number of thiazole rings is 1. The fraction of sp³-hybridized carbons (Fsp3) is 0.120. The van der Waals surface area contributed by atoms with E-state index in [0.29, 0.717) is 36.1 Å². The number of carbonyl (C=O) groups is 1. The van der Waals surface area contributed by atoms with Crippen LogP contribution in [0, 0.1) is 5.82 Å². The van der Waals surface area contributed by atoms with Gasteiger partial charge in [-0.25, -0.2) is 9.37 Å². The number of amides is 1. The predicted molar refractivity (Wildman–Crippen MR) is 122 cm³/mol. The molecule has 3 aromatic carbocycles. The Hall–Kier alpha value is -3.91. The average Bonchev–Trinajstić information content (AvgIpc) is 3.52. The zero-order chi connectivity index (χ0) is 22.6. The van der Waals surface area contributed by atoms with Gasteiger partial charge in [-0.15, -0.1) is 11.3 Å². The molecule has 2 heterocycles. The molecular weight excluding hydrogens is 443 g/mol. The van der Waals surface area contributed by atoms with Crippen LogP contribution in [-0.4, -0.2) is 17.7 Å². The molecule has 1 aliphatic heterocycles. The minimum atomic E-state index is -0.278. The van der Waals surface area contributed by atoms with Crippen molar-refractivity contribution in [2.45, 2.75) is 13.2 Å². The van der Waals surface area contributed by atoms with Crippen LogP contribution in [0.5, 0.6) is 17.2 Å². The maximum atomic E-state index is 13.0. The molecule has 0 unspecified atom stereocenters. The van der Waals surface area contributed by atoms with E-state index in [4.69, 9.17) is 14.2 Å². The molecule has 0 saturated carbocycles. The standard InChI is InChI=1S/C25H19FN2O4S/c26-19-7-4-16(5-8-19)13-30-20-3-1-2-18(11-20)25-28-21(14-33-25)24(29)27-12-17-6-9-22-23(10-17)32-15-31-22/h1-11,14H,12-13,15H2,(H,27,29). The largest absolute Gasteiger partial charge is 0.489 e. The van der Waals surface area contributed by atoms with Crippen LogP contribution >= 0.6 is 11.3 Å². The number of nitrogens with zero attached hydrogens (tertiary/aromatic N) is 1. The number of carbonyl (C=O) groups excluding carboxylic acids is 1. The number of hydrogen-bond acceptors (Lipinski definition) is 6. The number of nitrogens with one attached hydrogen (secondary N) is 1. The molecule has 0 radical (unpaired) electrons. The van der Waals surface area contributed by atoms with Crippen molar-refractivity contribution in [2.75, 3.05) is 6.79 Å². The Kier molecular flexibility index (Phi) is 5.91. The first-order valence-corrected chi connectivity index (χ1v) is 11.1. The zero-order valence-electron chi connectivity index (χ0n) is 17.4. The van der Waals surface area contributed by atoms with Gasteiger partial charge in [-0.3, -0.25) is 4.79 Å². The van der Waals surface area contributed by atoms with Gasteiger partial charge in [-0.05, 0) is 47.5 Å². The molecule has 0 bridgehead atoms. The lowest BCUT2D eigenvalue weighted by Gasteiger charge is -2.07. The highest BCUT2D eigenvalue weighted by molar-refractivity contribution is 7.13. The maximum Gasteiger partial charge on any atom is 0.271 e. The highest BCUT2D eigenvalue weighted by Crippen LogP contribution is 2.32. The summed E-state index contributed by atoms with van der Waals surface area (Å²) in [5, 5.41) is 5.33. The van der Waals surface area contributed by atoms with Crippen LogP contribution in [0.3, 0.4) is 0 Å². The van der Waals surface area contributed by atoms with Crippen LogP contribution in [-0.2, 0) is 13.2 Å². The van der Waals surface area contributed by atoms with Gasteiger partial charge in [0.25, 0.3) is 5.91 Å². The van der Waals surface area contributed by atoms with Crippen molar-refractivity contribution < 1.29 is 23.4 Å². The smallest absolute Gasteiger partial charge is 0.271 e. The number of rotatable bonds is 7. The summed E-state index contributed by atoms with van der Waals surface area (Å²) in [5.74, 6) is 1.53. The molecular formula is C25H19FN2O4S. The fourth-order valence-electron chi connectivity index (χ4n) is 3.30. The summed E-state index contributed by atoms with van der Waals surface area (Å²) in [7, 11) is 0. The molecule has 0 aliphatic carbocycles. The Morgan fingerprint density at radius 2 is 1.85 bits per heavy atom. The topological polar surface area (TPSA) is 69.7 Å². The fourth-order valence-corrected chi connectivity index (χ4v) is 4.10. The lowest BCUT2D eigenvalue weighted by Crippen LogP contribution is -2.23. The van der Waals surface area contributed by atoms with Gasteiger partial charge in [-0.2, -0.15) is 0 Å². The molecule has 1 amide bonds. The van der Waals surface area contributed by atoms with Gasteiger partial charge in [-0.1, -0.05) is 30.3 Å². The Morgan fingerprint density at radius 3 is 2.73 bits per heavy atom. The lowest BCUT2D eigenvalue weighted by molar-refractivity contribution is 0.0946. The van der Waals surface area contributed by atoms with E-state index in [1.165, 1.54) is 23.5 Å². The summed E-state index contributed by atoms with van der Waals surface area (Å²) >= 11 is 1.39. The van der Waals surface area contributed by atoms with Gasteiger partial charge in [0, 0.05) is 17.5 Å². The average molecular weight is 463 g/mol. The van der Waals surface area contributed by atoms with Crippen LogP contribution < -0.4 is 19.5 Å². The van der Waals surface area contributed by atoms with Crippen molar-refractivity contribution in [3.8, 4) is 27.8 Å². The highest BCUT2D eigenvalue weighted by atomic mass is 32.1. The predicted octanol–water partition coefficient (Wildman–Crippen LogP) is 5.19. The van der Waals surface area contributed by atoms with Gasteiger partial charge in [0.2, 0.25) is 6.79 Å². The molecule has 33 heavy (non-hydrogen) atoms. The van der Waals surface area contributed by atoms with Crippen LogP contribution in [0.15, 0.2) is 72.1 Å². The Balaban J connectivity index is 1.21.